The third-order valence-corrected chi connectivity index (χ3v) is 5.28. The smallest absolute Gasteiger partial charge is 0.226 e. The third kappa shape index (κ3) is 3.28. The highest BCUT2D eigenvalue weighted by Gasteiger charge is 2.33. The van der Waals surface area contributed by atoms with E-state index in [4.69, 9.17) is 0 Å². The molecule has 0 bridgehead atoms. The largest absolute Gasteiger partial charge is 0.338 e. The van der Waals surface area contributed by atoms with Gasteiger partial charge in [-0.15, -0.1) is 0 Å². The zero-order valence-corrected chi connectivity index (χ0v) is 14.2. The summed E-state index contributed by atoms with van der Waals surface area (Å²) in [4.78, 5) is 14.6. The normalized spacial score (nSPS) is 22.8. The maximum atomic E-state index is 14.1. The van der Waals surface area contributed by atoms with Gasteiger partial charge in [0.05, 0.1) is 11.7 Å². The van der Waals surface area contributed by atoms with Crippen molar-refractivity contribution in [3.05, 3.63) is 52.9 Å². The fourth-order valence-corrected chi connectivity index (χ4v) is 3.86. The summed E-state index contributed by atoms with van der Waals surface area (Å²) in [7, 11) is 0. The molecule has 0 unspecified atom stereocenters. The van der Waals surface area contributed by atoms with E-state index in [9.17, 15) is 9.18 Å². The summed E-state index contributed by atoms with van der Waals surface area (Å²) in [6, 6.07) is 6.63. The van der Waals surface area contributed by atoms with Crippen LogP contribution in [0.2, 0.25) is 0 Å². The first-order chi connectivity index (χ1) is 12.2. The Labute approximate surface area is 147 Å². The first-order valence-electron chi connectivity index (χ1n) is 9.07. The van der Waals surface area contributed by atoms with Gasteiger partial charge in [-0.25, -0.2) is 4.39 Å². The molecule has 1 atom stereocenters. The molecule has 1 aromatic rings. The number of carbonyl (C=O) groups is 1. The van der Waals surface area contributed by atoms with E-state index in [1.807, 2.05) is 4.90 Å². The van der Waals surface area contributed by atoms with Gasteiger partial charge in [0.2, 0.25) is 5.91 Å². The number of azo groups is 1. The number of benzene rings is 1. The number of rotatable bonds is 3. The molecule has 2 aliphatic heterocycles. The molecule has 1 amide bonds. The topological polar surface area (TPSA) is 45.0 Å². The molecule has 4 nitrogen and oxygen atoms in total. The molecule has 25 heavy (non-hydrogen) atoms. The van der Waals surface area contributed by atoms with E-state index >= 15 is 0 Å². The molecular weight excluding hydrogens is 317 g/mol. The van der Waals surface area contributed by atoms with Crippen molar-refractivity contribution in [2.24, 2.45) is 10.2 Å². The number of fused-ring (bicyclic) bond motifs is 1. The molecule has 5 heteroatoms. The molecular formula is C20H22FN3O. The molecule has 0 N–H and O–H groups in total. The Morgan fingerprint density at radius 2 is 2.16 bits per heavy atom. The lowest BCUT2D eigenvalue weighted by Crippen LogP contribution is -2.41. The lowest BCUT2D eigenvalue weighted by Gasteiger charge is -2.31. The number of carbonyl (C=O) groups excluding carboxylic acids is 1. The van der Waals surface area contributed by atoms with Gasteiger partial charge in [-0.3, -0.25) is 4.79 Å². The van der Waals surface area contributed by atoms with Crippen LogP contribution in [0.3, 0.4) is 0 Å². The summed E-state index contributed by atoms with van der Waals surface area (Å²) >= 11 is 0. The molecule has 3 aliphatic rings. The van der Waals surface area contributed by atoms with Crippen molar-refractivity contribution < 1.29 is 9.18 Å². The summed E-state index contributed by atoms with van der Waals surface area (Å²) in [5, 5.41) is 8.54. The zero-order valence-electron chi connectivity index (χ0n) is 14.2. The SMILES string of the molecule is O=C(CC1=CCCCC1)N1CC[C@@H]2N=NC(c3ccccc3F)=C2C1. The van der Waals surface area contributed by atoms with Crippen LogP contribution in [0.15, 0.2) is 51.7 Å². The average Bonchev–Trinajstić information content (AvgIpc) is 3.06. The summed E-state index contributed by atoms with van der Waals surface area (Å²) in [5.41, 5.74) is 3.33. The molecule has 1 fully saturated rings. The van der Waals surface area contributed by atoms with Crippen molar-refractivity contribution in [2.75, 3.05) is 13.1 Å². The van der Waals surface area contributed by atoms with E-state index in [1.54, 1.807) is 18.2 Å². The Bertz CT molecular complexity index is 781. The van der Waals surface area contributed by atoms with E-state index in [1.165, 1.54) is 24.5 Å². The van der Waals surface area contributed by atoms with E-state index in [-0.39, 0.29) is 17.8 Å². The summed E-state index contributed by atoms with van der Waals surface area (Å²) < 4.78 is 14.1. The van der Waals surface area contributed by atoms with E-state index in [2.05, 4.69) is 16.3 Å². The van der Waals surface area contributed by atoms with Crippen LogP contribution < -0.4 is 0 Å². The fraction of sp³-hybridized carbons (Fsp3) is 0.450. The van der Waals surface area contributed by atoms with E-state index in [0.717, 1.165) is 24.8 Å². The fourth-order valence-electron chi connectivity index (χ4n) is 3.86. The van der Waals surface area contributed by atoms with E-state index in [0.29, 0.717) is 30.8 Å². The number of amides is 1. The van der Waals surface area contributed by atoms with Crippen molar-refractivity contribution in [3.8, 4) is 0 Å². The van der Waals surface area contributed by atoms with Crippen LogP contribution >= 0.6 is 0 Å². The minimum absolute atomic E-state index is 0.00690. The van der Waals surface area contributed by atoms with Crippen LogP contribution in [0.4, 0.5) is 4.39 Å². The molecule has 130 valence electrons. The average molecular weight is 339 g/mol. The van der Waals surface area contributed by atoms with Gasteiger partial charge in [-0.1, -0.05) is 23.8 Å². The van der Waals surface area contributed by atoms with Gasteiger partial charge >= 0.3 is 0 Å². The highest BCUT2D eigenvalue weighted by atomic mass is 19.1. The van der Waals surface area contributed by atoms with Crippen molar-refractivity contribution in [2.45, 2.75) is 44.6 Å². The van der Waals surface area contributed by atoms with E-state index < -0.39 is 0 Å². The minimum Gasteiger partial charge on any atom is -0.338 e. The second-order valence-corrected chi connectivity index (χ2v) is 6.97. The molecule has 1 aliphatic carbocycles. The van der Waals surface area contributed by atoms with Crippen molar-refractivity contribution in [1.82, 2.24) is 4.90 Å². The van der Waals surface area contributed by atoms with Crippen LogP contribution in [0.5, 0.6) is 0 Å². The monoisotopic (exact) mass is 339 g/mol. The Balaban J connectivity index is 1.53. The minimum atomic E-state index is -0.291. The molecule has 4 rings (SSSR count). The van der Waals surface area contributed by atoms with Crippen molar-refractivity contribution in [1.29, 1.82) is 0 Å². The Hall–Kier alpha value is -2.30. The first-order valence-corrected chi connectivity index (χ1v) is 9.07. The Morgan fingerprint density at radius 1 is 1.28 bits per heavy atom. The highest BCUT2D eigenvalue weighted by Crippen LogP contribution is 2.36. The summed E-state index contributed by atoms with van der Waals surface area (Å²) in [5.74, 6) is -0.126. The lowest BCUT2D eigenvalue weighted by atomic mass is 9.93. The van der Waals surface area contributed by atoms with Crippen LogP contribution in [0.25, 0.3) is 5.70 Å². The second kappa shape index (κ2) is 6.90. The van der Waals surface area contributed by atoms with Crippen LogP contribution in [0.1, 0.15) is 44.1 Å². The lowest BCUT2D eigenvalue weighted by molar-refractivity contribution is -0.130. The predicted molar refractivity (Wildman–Crippen MR) is 94.3 cm³/mol. The van der Waals surface area contributed by atoms with Crippen LogP contribution in [0, 0.1) is 5.82 Å². The molecule has 1 aromatic carbocycles. The van der Waals surface area contributed by atoms with Gasteiger partial charge < -0.3 is 4.90 Å². The molecule has 0 spiro atoms. The van der Waals surface area contributed by atoms with Crippen LogP contribution in [-0.2, 0) is 4.79 Å². The Kier molecular flexibility index (Phi) is 4.47. The van der Waals surface area contributed by atoms with Crippen molar-refractivity contribution >= 4 is 11.6 Å². The number of allylic oxidation sites excluding steroid dienone is 1. The number of hydrogen-bond donors (Lipinski definition) is 0. The number of likely N-dealkylation sites (tertiary alicyclic amines) is 1. The highest BCUT2D eigenvalue weighted by molar-refractivity contribution is 5.80. The quantitative estimate of drug-likeness (QED) is 0.748. The number of halogens is 1. The number of hydrogen-bond acceptors (Lipinski definition) is 3. The molecule has 2 heterocycles. The second-order valence-electron chi connectivity index (χ2n) is 6.97. The predicted octanol–water partition coefficient (Wildman–Crippen LogP) is 4.49. The summed E-state index contributed by atoms with van der Waals surface area (Å²) in [6.07, 6.45) is 8.04. The van der Waals surface area contributed by atoms with Gasteiger partial charge in [0.25, 0.3) is 0 Å². The van der Waals surface area contributed by atoms with Crippen LogP contribution in [-0.4, -0.2) is 29.9 Å². The zero-order chi connectivity index (χ0) is 17.2. The van der Waals surface area contributed by atoms with Gasteiger partial charge in [0.1, 0.15) is 5.82 Å². The van der Waals surface area contributed by atoms with Gasteiger partial charge in [0, 0.05) is 30.6 Å². The maximum Gasteiger partial charge on any atom is 0.226 e. The molecule has 1 saturated heterocycles. The van der Waals surface area contributed by atoms with Crippen molar-refractivity contribution in [3.63, 3.8) is 0 Å². The Morgan fingerprint density at radius 3 is 2.96 bits per heavy atom. The first kappa shape index (κ1) is 16.2. The summed E-state index contributed by atoms with van der Waals surface area (Å²) in [6.45, 7) is 1.21. The number of nitrogens with zero attached hydrogens (tertiary/aromatic N) is 3. The third-order valence-electron chi connectivity index (χ3n) is 5.28. The van der Waals surface area contributed by atoms with Gasteiger partial charge in [-0.05, 0) is 44.2 Å². The molecule has 0 radical (unpaired) electrons. The molecule has 0 aromatic heterocycles. The van der Waals surface area contributed by atoms with Gasteiger partial charge in [0.15, 0.2) is 0 Å². The maximum absolute atomic E-state index is 14.1. The standard InChI is InChI=1S/C20H22FN3O/c21-17-9-5-4-8-15(17)20-16-13-24(11-10-18(16)22-23-20)19(25)12-14-6-2-1-3-7-14/h4-6,8-9,18H,1-3,7,10-13H2/t18-/m0/s1. The van der Waals surface area contributed by atoms with Gasteiger partial charge in [-0.2, -0.15) is 10.2 Å². The number of piperidine rings is 1. The molecule has 0 saturated carbocycles.